The summed E-state index contributed by atoms with van der Waals surface area (Å²) in [6.45, 7) is 3.26. The minimum absolute atomic E-state index is 0.0431. The van der Waals surface area contributed by atoms with Crippen LogP contribution in [-0.4, -0.2) is 32.1 Å². The van der Waals surface area contributed by atoms with Crippen molar-refractivity contribution in [1.82, 2.24) is 0 Å². The van der Waals surface area contributed by atoms with Crippen LogP contribution in [0.5, 0.6) is 5.75 Å². The standard InChI is InChI=1S/C25H23ClFNO5S/c1-15-5-3-6-19(11-15)34(31,32)28-14-18(12-16(2)25(29)30)33-23-10-9-17(13-22(23)28)20-7-4-8-21(26)24(20)27/h3-11,13,16,18H,12,14H2,1-2H3,(H,29,30)/t16-,18-/m0/s1. The van der Waals surface area contributed by atoms with Crippen molar-refractivity contribution in [3.8, 4) is 16.9 Å². The van der Waals surface area contributed by atoms with E-state index in [2.05, 4.69) is 0 Å². The number of anilines is 1. The zero-order valence-corrected chi connectivity index (χ0v) is 20.1. The summed E-state index contributed by atoms with van der Waals surface area (Å²) in [7, 11) is -4.02. The molecule has 0 fully saturated rings. The quantitative estimate of drug-likeness (QED) is 0.478. The fourth-order valence-electron chi connectivity index (χ4n) is 3.95. The van der Waals surface area contributed by atoms with Crippen LogP contribution in [0.25, 0.3) is 11.1 Å². The molecular formula is C25H23ClFNO5S. The van der Waals surface area contributed by atoms with Gasteiger partial charge in [0.2, 0.25) is 0 Å². The van der Waals surface area contributed by atoms with Crippen LogP contribution in [0.15, 0.2) is 65.6 Å². The zero-order chi connectivity index (χ0) is 24.6. The second kappa shape index (κ2) is 9.27. The molecule has 0 bridgehead atoms. The van der Waals surface area contributed by atoms with E-state index in [4.69, 9.17) is 16.3 Å². The van der Waals surface area contributed by atoms with E-state index in [0.29, 0.717) is 5.56 Å². The predicted octanol–water partition coefficient (Wildman–Crippen LogP) is 5.52. The summed E-state index contributed by atoms with van der Waals surface area (Å²) < 4.78 is 49.3. The molecule has 0 aliphatic carbocycles. The number of halogens is 2. The van der Waals surface area contributed by atoms with Gasteiger partial charge in [0.05, 0.1) is 28.1 Å². The number of carbonyl (C=O) groups is 1. The molecule has 4 rings (SSSR count). The Labute approximate surface area is 202 Å². The predicted molar refractivity (Wildman–Crippen MR) is 128 cm³/mol. The van der Waals surface area contributed by atoms with Gasteiger partial charge in [-0.25, -0.2) is 12.8 Å². The van der Waals surface area contributed by atoms with Crippen LogP contribution >= 0.6 is 11.6 Å². The second-order valence-electron chi connectivity index (χ2n) is 8.35. The van der Waals surface area contributed by atoms with Gasteiger partial charge in [0.15, 0.2) is 0 Å². The Morgan fingerprint density at radius 1 is 1.21 bits per heavy atom. The van der Waals surface area contributed by atoms with Gasteiger partial charge in [0.25, 0.3) is 10.0 Å². The maximum absolute atomic E-state index is 14.7. The van der Waals surface area contributed by atoms with Crippen LogP contribution in [0.3, 0.4) is 0 Å². The molecule has 3 aromatic carbocycles. The molecule has 34 heavy (non-hydrogen) atoms. The van der Waals surface area contributed by atoms with Crippen LogP contribution in [0.1, 0.15) is 18.9 Å². The second-order valence-corrected chi connectivity index (χ2v) is 10.6. The summed E-state index contributed by atoms with van der Waals surface area (Å²) in [5, 5.41) is 9.28. The number of benzene rings is 3. The zero-order valence-electron chi connectivity index (χ0n) is 18.5. The minimum atomic E-state index is -4.02. The lowest BCUT2D eigenvalue weighted by atomic mass is 10.0. The van der Waals surface area contributed by atoms with Crippen LogP contribution in [-0.2, 0) is 14.8 Å². The Morgan fingerprint density at radius 3 is 2.65 bits per heavy atom. The Morgan fingerprint density at radius 2 is 1.94 bits per heavy atom. The molecule has 1 heterocycles. The molecule has 178 valence electrons. The molecule has 3 aromatic rings. The topological polar surface area (TPSA) is 83.9 Å². The van der Waals surface area contributed by atoms with Crippen LogP contribution in [0, 0.1) is 18.7 Å². The molecular weight excluding hydrogens is 481 g/mol. The highest BCUT2D eigenvalue weighted by Crippen LogP contribution is 2.41. The number of hydrogen-bond donors (Lipinski definition) is 1. The van der Waals surface area contributed by atoms with Gasteiger partial charge in [-0.15, -0.1) is 0 Å². The van der Waals surface area contributed by atoms with Gasteiger partial charge in [0.1, 0.15) is 17.7 Å². The number of rotatable bonds is 6. The number of hydrogen-bond acceptors (Lipinski definition) is 4. The van der Waals surface area contributed by atoms with Crippen molar-refractivity contribution >= 4 is 33.3 Å². The maximum atomic E-state index is 14.7. The van der Waals surface area contributed by atoms with E-state index in [1.807, 2.05) is 0 Å². The van der Waals surface area contributed by atoms with E-state index in [0.717, 1.165) is 5.56 Å². The summed E-state index contributed by atoms with van der Waals surface area (Å²) in [5.74, 6) is -2.05. The van der Waals surface area contributed by atoms with Gasteiger partial charge < -0.3 is 9.84 Å². The molecule has 0 spiro atoms. The van der Waals surface area contributed by atoms with Gasteiger partial charge in [-0.3, -0.25) is 9.10 Å². The van der Waals surface area contributed by atoms with Gasteiger partial charge in [-0.2, -0.15) is 0 Å². The number of carboxylic acid groups (broad SMARTS) is 1. The molecule has 2 atom stereocenters. The first-order chi connectivity index (χ1) is 16.1. The normalized spacial score (nSPS) is 16.5. The molecule has 9 heteroatoms. The van der Waals surface area contributed by atoms with Gasteiger partial charge >= 0.3 is 5.97 Å². The molecule has 1 aliphatic heterocycles. The van der Waals surface area contributed by atoms with E-state index in [1.54, 1.807) is 62.4 Å². The summed E-state index contributed by atoms with van der Waals surface area (Å²) in [4.78, 5) is 11.5. The first-order valence-electron chi connectivity index (χ1n) is 10.6. The van der Waals surface area contributed by atoms with Crippen molar-refractivity contribution in [3.05, 3.63) is 77.1 Å². The van der Waals surface area contributed by atoms with Crippen molar-refractivity contribution < 1.29 is 27.4 Å². The molecule has 0 saturated heterocycles. The lowest BCUT2D eigenvalue weighted by molar-refractivity contribution is -0.142. The summed E-state index contributed by atoms with van der Waals surface area (Å²) in [6.07, 6.45) is -0.550. The van der Waals surface area contributed by atoms with E-state index < -0.39 is 33.8 Å². The summed E-state index contributed by atoms with van der Waals surface area (Å²) in [6, 6.07) is 15.9. The van der Waals surface area contributed by atoms with E-state index in [-0.39, 0.29) is 39.9 Å². The summed E-state index contributed by atoms with van der Waals surface area (Å²) in [5.41, 5.74) is 1.69. The molecule has 6 nitrogen and oxygen atoms in total. The molecule has 0 saturated carbocycles. The lowest BCUT2D eigenvalue weighted by Crippen LogP contribution is -2.44. The smallest absolute Gasteiger partial charge is 0.306 e. The molecule has 0 amide bonds. The fourth-order valence-corrected chi connectivity index (χ4v) is 5.73. The van der Waals surface area contributed by atoms with Crippen LogP contribution in [0.2, 0.25) is 5.02 Å². The number of nitrogens with zero attached hydrogens (tertiary/aromatic N) is 1. The number of ether oxygens (including phenoxy) is 1. The number of carboxylic acids is 1. The van der Waals surface area contributed by atoms with Gasteiger partial charge in [-0.1, -0.05) is 48.9 Å². The Hall–Kier alpha value is -3.10. The van der Waals surface area contributed by atoms with Gasteiger partial charge in [0, 0.05) is 5.56 Å². The molecule has 1 N–H and O–H groups in total. The minimum Gasteiger partial charge on any atom is -0.486 e. The Kier molecular flexibility index (Phi) is 6.55. The average Bonchev–Trinajstić information content (AvgIpc) is 2.80. The third kappa shape index (κ3) is 4.60. The van der Waals surface area contributed by atoms with E-state index >= 15 is 0 Å². The number of fused-ring (bicyclic) bond motifs is 1. The first-order valence-corrected chi connectivity index (χ1v) is 12.5. The molecule has 0 aromatic heterocycles. The Bertz CT molecular complexity index is 1360. The fraction of sp³-hybridized carbons (Fsp3) is 0.240. The van der Waals surface area contributed by atoms with Crippen LogP contribution in [0.4, 0.5) is 10.1 Å². The molecule has 0 radical (unpaired) electrons. The number of aryl methyl sites for hydroxylation is 1. The number of sulfonamides is 1. The van der Waals surface area contributed by atoms with Crippen LogP contribution < -0.4 is 9.04 Å². The summed E-state index contributed by atoms with van der Waals surface area (Å²) >= 11 is 5.94. The highest BCUT2D eigenvalue weighted by atomic mass is 35.5. The van der Waals surface area contributed by atoms with Crippen molar-refractivity contribution in [1.29, 1.82) is 0 Å². The van der Waals surface area contributed by atoms with Crippen molar-refractivity contribution in [2.45, 2.75) is 31.3 Å². The third-order valence-electron chi connectivity index (χ3n) is 5.77. The SMILES string of the molecule is Cc1cccc(S(=O)(=O)N2C[C@H](C[C@H](C)C(=O)O)Oc3ccc(-c4cccc(Cl)c4F)cc32)c1. The van der Waals surface area contributed by atoms with Crippen molar-refractivity contribution in [2.24, 2.45) is 5.92 Å². The maximum Gasteiger partial charge on any atom is 0.306 e. The molecule has 0 unspecified atom stereocenters. The highest BCUT2D eigenvalue weighted by Gasteiger charge is 2.36. The largest absolute Gasteiger partial charge is 0.486 e. The van der Waals surface area contributed by atoms with Crippen molar-refractivity contribution in [2.75, 3.05) is 10.8 Å². The van der Waals surface area contributed by atoms with E-state index in [9.17, 15) is 22.7 Å². The third-order valence-corrected chi connectivity index (χ3v) is 7.84. The average molecular weight is 504 g/mol. The van der Waals surface area contributed by atoms with E-state index in [1.165, 1.54) is 16.4 Å². The Balaban J connectivity index is 1.83. The highest BCUT2D eigenvalue weighted by molar-refractivity contribution is 7.92. The molecule has 1 aliphatic rings. The van der Waals surface area contributed by atoms with Crippen molar-refractivity contribution in [3.63, 3.8) is 0 Å². The number of aliphatic carboxylic acids is 1. The lowest BCUT2D eigenvalue weighted by Gasteiger charge is -2.36. The van der Waals surface area contributed by atoms with Gasteiger partial charge in [-0.05, 0) is 54.8 Å². The first kappa shape index (κ1) is 24.0. The monoisotopic (exact) mass is 503 g/mol.